The first-order valence-electron chi connectivity index (χ1n) is 7.36. The molecule has 1 saturated heterocycles. The van der Waals surface area contributed by atoms with Crippen LogP contribution >= 0.6 is 15.9 Å². The van der Waals surface area contributed by atoms with E-state index in [1.165, 1.54) is 25.6 Å². The molecule has 6 heteroatoms. The predicted octanol–water partition coefficient (Wildman–Crippen LogP) is 3.48. The van der Waals surface area contributed by atoms with E-state index < -0.39 is 0 Å². The van der Waals surface area contributed by atoms with Gasteiger partial charge in [-0.1, -0.05) is 15.9 Å². The van der Waals surface area contributed by atoms with Crippen LogP contribution in [0.4, 0.5) is 11.5 Å². The van der Waals surface area contributed by atoms with Gasteiger partial charge in [0.15, 0.2) is 0 Å². The molecule has 2 heterocycles. The number of carbonyl (C=O) groups is 1. The normalized spacial score (nSPS) is 14.7. The molecule has 0 bridgehead atoms. The summed E-state index contributed by atoms with van der Waals surface area (Å²) in [6, 6.07) is 9.21. The van der Waals surface area contributed by atoms with Crippen LogP contribution in [-0.4, -0.2) is 29.0 Å². The van der Waals surface area contributed by atoms with Gasteiger partial charge in [-0.25, -0.2) is 9.97 Å². The maximum absolute atomic E-state index is 12.3. The van der Waals surface area contributed by atoms with Crippen molar-refractivity contribution in [3.05, 3.63) is 46.8 Å². The van der Waals surface area contributed by atoms with Crippen LogP contribution in [-0.2, 0) is 0 Å². The topological polar surface area (TPSA) is 58.1 Å². The first-order chi connectivity index (χ1) is 10.7. The Morgan fingerprint density at radius 3 is 2.55 bits per heavy atom. The Morgan fingerprint density at radius 1 is 1.09 bits per heavy atom. The summed E-state index contributed by atoms with van der Waals surface area (Å²) in [7, 11) is 0. The number of hydrogen-bond donors (Lipinski definition) is 1. The molecule has 22 heavy (non-hydrogen) atoms. The molecule has 0 atom stereocenters. The van der Waals surface area contributed by atoms with E-state index >= 15 is 0 Å². The molecule has 0 aliphatic carbocycles. The third kappa shape index (κ3) is 3.62. The van der Waals surface area contributed by atoms with Crippen molar-refractivity contribution < 1.29 is 4.79 Å². The molecule has 0 unspecified atom stereocenters. The Labute approximate surface area is 137 Å². The summed E-state index contributed by atoms with van der Waals surface area (Å²) in [5.41, 5.74) is 1.13. The first-order valence-corrected chi connectivity index (χ1v) is 8.15. The maximum atomic E-state index is 12.3. The second-order valence-electron chi connectivity index (χ2n) is 5.27. The van der Waals surface area contributed by atoms with E-state index in [9.17, 15) is 4.79 Å². The SMILES string of the molecule is O=C(Nc1ccc(Br)cc1)c1cc(N2CCCCC2)ncn1. The molecule has 2 aromatic rings. The quantitative estimate of drug-likeness (QED) is 0.910. The summed E-state index contributed by atoms with van der Waals surface area (Å²) in [5, 5.41) is 2.85. The molecule has 3 rings (SSSR count). The molecule has 1 aromatic heterocycles. The summed E-state index contributed by atoms with van der Waals surface area (Å²) in [6.45, 7) is 1.98. The zero-order valence-corrected chi connectivity index (χ0v) is 13.7. The average Bonchev–Trinajstić information content (AvgIpc) is 2.58. The fraction of sp³-hybridized carbons (Fsp3) is 0.312. The molecule has 0 saturated carbocycles. The zero-order valence-electron chi connectivity index (χ0n) is 12.1. The van der Waals surface area contributed by atoms with Crippen LogP contribution in [0.15, 0.2) is 41.1 Å². The van der Waals surface area contributed by atoms with Gasteiger partial charge in [0.25, 0.3) is 5.91 Å². The van der Waals surface area contributed by atoms with Crippen molar-refractivity contribution in [2.24, 2.45) is 0 Å². The molecule has 1 amide bonds. The number of benzene rings is 1. The predicted molar refractivity (Wildman–Crippen MR) is 90.2 cm³/mol. The third-order valence-corrected chi connectivity index (χ3v) is 4.20. The molecule has 1 aliphatic rings. The molecule has 1 N–H and O–H groups in total. The molecule has 1 fully saturated rings. The van der Waals surface area contributed by atoms with Crippen LogP contribution < -0.4 is 10.2 Å². The van der Waals surface area contributed by atoms with E-state index in [1.807, 2.05) is 24.3 Å². The lowest BCUT2D eigenvalue weighted by Gasteiger charge is -2.27. The molecule has 5 nitrogen and oxygen atoms in total. The highest BCUT2D eigenvalue weighted by atomic mass is 79.9. The average molecular weight is 361 g/mol. The third-order valence-electron chi connectivity index (χ3n) is 3.67. The van der Waals surface area contributed by atoms with Gasteiger partial charge in [0.05, 0.1) is 0 Å². The summed E-state index contributed by atoms with van der Waals surface area (Å²) >= 11 is 3.37. The van der Waals surface area contributed by atoms with Gasteiger partial charge in [0.1, 0.15) is 17.8 Å². The molecule has 114 valence electrons. The minimum Gasteiger partial charge on any atom is -0.357 e. The van der Waals surface area contributed by atoms with Crippen molar-refractivity contribution in [3.8, 4) is 0 Å². The van der Waals surface area contributed by atoms with Crippen LogP contribution in [0.3, 0.4) is 0 Å². The van der Waals surface area contributed by atoms with E-state index in [4.69, 9.17) is 0 Å². The molecule has 1 aromatic carbocycles. The van der Waals surface area contributed by atoms with E-state index in [2.05, 4.69) is 36.1 Å². The molecule has 1 aliphatic heterocycles. The number of amides is 1. The lowest BCUT2D eigenvalue weighted by atomic mass is 10.1. The van der Waals surface area contributed by atoms with Crippen molar-refractivity contribution >= 4 is 33.3 Å². The first kappa shape index (κ1) is 15.0. The number of nitrogens with zero attached hydrogens (tertiary/aromatic N) is 3. The van der Waals surface area contributed by atoms with E-state index in [0.29, 0.717) is 5.69 Å². The van der Waals surface area contributed by atoms with Gasteiger partial charge >= 0.3 is 0 Å². The molecular weight excluding hydrogens is 344 g/mol. The van der Waals surface area contributed by atoms with Gasteiger partial charge in [0.2, 0.25) is 0 Å². The minimum atomic E-state index is -0.219. The van der Waals surface area contributed by atoms with E-state index in [1.54, 1.807) is 6.07 Å². The number of nitrogens with one attached hydrogen (secondary N) is 1. The summed E-state index contributed by atoms with van der Waals surface area (Å²) in [6.07, 6.45) is 5.06. The van der Waals surface area contributed by atoms with Gasteiger partial charge in [-0.05, 0) is 43.5 Å². The van der Waals surface area contributed by atoms with Gasteiger partial charge in [-0.3, -0.25) is 4.79 Å². The van der Waals surface area contributed by atoms with Crippen LogP contribution in [0, 0.1) is 0 Å². The van der Waals surface area contributed by atoms with Crippen molar-refractivity contribution in [2.45, 2.75) is 19.3 Å². The number of carbonyl (C=O) groups excluding carboxylic acids is 1. The Morgan fingerprint density at radius 2 is 1.82 bits per heavy atom. The van der Waals surface area contributed by atoms with Crippen molar-refractivity contribution in [2.75, 3.05) is 23.3 Å². The number of anilines is 2. The summed E-state index contributed by atoms with van der Waals surface area (Å²) in [5.74, 6) is 0.610. The highest BCUT2D eigenvalue weighted by Gasteiger charge is 2.15. The van der Waals surface area contributed by atoms with Gasteiger partial charge < -0.3 is 10.2 Å². The van der Waals surface area contributed by atoms with Crippen LogP contribution in [0.1, 0.15) is 29.8 Å². The Bertz CT molecular complexity index is 653. The van der Waals surface area contributed by atoms with Crippen molar-refractivity contribution in [1.29, 1.82) is 0 Å². The number of aromatic nitrogens is 2. The fourth-order valence-electron chi connectivity index (χ4n) is 2.50. The Kier molecular flexibility index (Phi) is 4.68. The number of halogens is 1. The zero-order chi connectivity index (χ0) is 15.4. The minimum absolute atomic E-state index is 0.219. The lowest BCUT2D eigenvalue weighted by Crippen LogP contribution is -2.30. The van der Waals surface area contributed by atoms with Gasteiger partial charge in [-0.2, -0.15) is 0 Å². The van der Waals surface area contributed by atoms with Crippen molar-refractivity contribution in [1.82, 2.24) is 9.97 Å². The molecule has 0 spiro atoms. The standard InChI is InChI=1S/C16H17BrN4O/c17-12-4-6-13(7-5-12)20-16(22)14-10-15(19-11-18-14)21-8-2-1-3-9-21/h4-7,10-11H,1-3,8-9H2,(H,20,22). The Hall–Kier alpha value is -1.95. The van der Waals surface area contributed by atoms with Crippen LogP contribution in [0.25, 0.3) is 0 Å². The number of rotatable bonds is 3. The fourth-order valence-corrected chi connectivity index (χ4v) is 2.76. The number of piperidine rings is 1. The molecule has 0 radical (unpaired) electrons. The second-order valence-corrected chi connectivity index (χ2v) is 6.19. The monoisotopic (exact) mass is 360 g/mol. The summed E-state index contributed by atoms with van der Waals surface area (Å²) < 4.78 is 0.972. The highest BCUT2D eigenvalue weighted by Crippen LogP contribution is 2.18. The van der Waals surface area contributed by atoms with Crippen LogP contribution in [0.5, 0.6) is 0 Å². The van der Waals surface area contributed by atoms with Gasteiger partial charge in [0, 0.05) is 29.3 Å². The van der Waals surface area contributed by atoms with Gasteiger partial charge in [-0.15, -0.1) is 0 Å². The Balaban J connectivity index is 1.73. The van der Waals surface area contributed by atoms with E-state index in [-0.39, 0.29) is 5.91 Å². The second kappa shape index (κ2) is 6.87. The molecular formula is C16H17BrN4O. The maximum Gasteiger partial charge on any atom is 0.274 e. The van der Waals surface area contributed by atoms with E-state index in [0.717, 1.165) is 29.1 Å². The largest absolute Gasteiger partial charge is 0.357 e. The van der Waals surface area contributed by atoms with Crippen LogP contribution in [0.2, 0.25) is 0 Å². The number of hydrogen-bond acceptors (Lipinski definition) is 4. The lowest BCUT2D eigenvalue weighted by molar-refractivity contribution is 0.102. The summed E-state index contributed by atoms with van der Waals surface area (Å²) in [4.78, 5) is 22.9. The smallest absolute Gasteiger partial charge is 0.274 e. The highest BCUT2D eigenvalue weighted by molar-refractivity contribution is 9.10. The van der Waals surface area contributed by atoms with Crippen molar-refractivity contribution in [3.63, 3.8) is 0 Å².